The lowest BCUT2D eigenvalue weighted by molar-refractivity contribution is -0.153. The number of nitrogens with one attached hydrogen (secondary N) is 1. The number of amides is 1. The van der Waals surface area contributed by atoms with E-state index in [4.69, 9.17) is 0 Å². The summed E-state index contributed by atoms with van der Waals surface area (Å²) in [4.78, 5) is 15.8. The summed E-state index contributed by atoms with van der Waals surface area (Å²) in [5.74, 6) is -2.65. The number of aromatic nitrogens is 1. The third-order valence-electron chi connectivity index (χ3n) is 3.82. The molecule has 136 valence electrons. The molecule has 1 amide bonds. The molecule has 0 fully saturated rings. The van der Waals surface area contributed by atoms with Gasteiger partial charge in [-0.25, -0.2) is 13.1 Å². The first-order chi connectivity index (χ1) is 11.5. The van der Waals surface area contributed by atoms with E-state index in [1.54, 1.807) is 23.8 Å². The molecule has 0 aliphatic rings. The highest BCUT2D eigenvalue weighted by Crippen LogP contribution is 2.28. The number of pyridine rings is 1. The van der Waals surface area contributed by atoms with Gasteiger partial charge in [-0.05, 0) is 31.0 Å². The zero-order chi connectivity index (χ0) is 18.8. The van der Waals surface area contributed by atoms with E-state index in [2.05, 4.69) is 4.98 Å². The average Bonchev–Trinajstić information content (AvgIpc) is 2.51. The van der Waals surface area contributed by atoms with E-state index in [1.807, 2.05) is 0 Å². The Morgan fingerprint density at radius 2 is 1.96 bits per heavy atom. The highest BCUT2D eigenvalue weighted by molar-refractivity contribution is 7.90. The van der Waals surface area contributed by atoms with Crippen molar-refractivity contribution < 1.29 is 26.4 Å². The summed E-state index contributed by atoms with van der Waals surface area (Å²) >= 11 is 0. The highest BCUT2D eigenvalue weighted by Gasteiger charge is 2.36. The van der Waals surface area contributed by atoms with Crippen LogP contribution in [0.5, 0.6) is 0 Å². The number of carbonyl (C=O) groups is 1. The van der Waals surface area contributed by atoms with E-state index in [-0.39, 0.29) is 16.8 Å². The number of halogens is 3. The zero-order valence-electron chi connectivity index (χ0n) is 13.6. The van der Waals surface area contributed by atoms with Crippen molar-refractivity contribution in [3.05, 3.63) is 36.0 Å². The van der Waals surface area contributed by atoms with Crippen molar-refractivity contribution in [1.82, 2.24) is 9.71 Å². The molecule has 0 spiro atoms. The Morgan fingerprint density at radius 3 is 2.56 bits per heavy atom. The Kier molecular flexibility index (Phi) is 5.36. The minimum atomic E-state index is -4.56. The van der Waals surface area contributed by atoms with Gasteiger partial charge in [0.1, 0.15) is 4.90 Å². The molecule has 1 N–H and O–H groups in total. The van der Waals surface area contributed by atoms with Crippen molar-refractivity contribution in [3.8, 4) is 0 Å². The number of nitrogens with zero attached hydrogens (tertiary/aromatic N) is 1. The Balaban J connectivity index is 2.37. The van der Waals surface area contributed by atoms with Gasteiger partial charge in [0, 0.05) is 17.5 Å². The summed E-state index contributed by atoms with van der Waals surface area (Å²) in [5, 5.41) is 0.583. The fraction of sp³-hybridized carbons (Fsp3) is 0.375. The number of carbonyl (C=O) groups excluding carboxylic acids is 1. The van der Waals surface area contributed by atoms with Crippen molar-refractivity contribution in [2.75, 3.05) is 0 Å². The largest absolute Gasteiger partial charge is 0.389 e. The van der Waals surface area contributed by atoms with E-state index in [0.717, 1.165) is 5.56 Å². The number of sulfonamides is 1. The van der Waals surface area contributed by atoms with E-state index in [0.29, 0.717) is 5.39 Å². The lowest BCUT2D eigenvalue weighted by atomic mass is 10.0. The summed E-state index contributed by atoms with van der Waals surface area (Å²) in [5.41, 5.74) is 0.948. The molecule has 2 aromatic rings. The standard InChI is InChI=1S/C16H17F3N2O3S/c1-3-11(9-16(17,18)19)15(22)21-25(23,24)13-6-4-5-12-10(2)7-8-20-14(12)13/h4-8,11H,3,9H2,1-2H3,(H,21,22). The van der Waals surface area contributed by atoms with E-state index in [9.17, 15) is 26.4 Å². The topological polar surface area (TPSA) is 76.1 Å². The lowest BCUT2D eigenvalue weighted by Gasteiger charge is -2.17. The van der Waals surface area contributed by atoms with Crippen molar-refractivity contribution in [2.45, 2.75) is 37.8 Å². The average molecular weight is 374 g/mol. The van der Waals surface area contributed by atoms with E-state index >= 15 is 0 Å². The second kappa shape index (κ2) is 6.99. The maximum absolute atomic E-state index is 12.5. The van der Waals surface area contributed by atoms with Crippen LogP contribution in [0.15, 0.2) is 35.4 Å². The normalized spacial score (nSPS) is 13.6. The number of benzene rings is 1. The van der Waals surface area contributed by atoms with Gasteiger partial charge in [0.2, 0.25) is 5.91 Å². The van der Waals surface area contributed by atoms with Crippen LogP contribution in [-0.2, 0) is 14.8 Å². The van der Waals surface area contributed by atoms with Gasteiger partial charge < -0.3 is 0 Å². The molecule has 2 rings (SSSR count). The number of aryl methyl sites for hydroxylation is 1. The molecule has 25 heavy (non-hydrogen) atoms. The molecule has 0 radical (unpaired) electrons. The van der Waals surface area contributed by atoms with Crippen LogP contribution in [0.1, 0.15) is 25.3 Å². The van der Waals surface area contributed by atoms with Crippen molar-refractivity contribution in [3.63, 3.8) is 0 Å². The third kappa shape index (κ3) is 4.47. The number of rotatable bonds is 5. The maximum Gasteiger partial charge on any atom is 0.389 e. The molecular weight excluding hydrogens is 357 g/mol. The first kappa shape index (κ1) is 19.2. The maximum atomic E-state index is 12.5. The third-order valence-corrected chi connectivity index (χ3v) is 5.20. The van der Waals surface area contributed by atoms with Gasteiger partial charge in [0.15, 0.2) is 0 Å². The summed E-state index contributed by atoms with van der Waals surface area (Å²) in [6.45, 7) is 3.17. The second-order valence-corrected chi connectivity index (χ2v) is 7.33. The summed E-state index contributed by atoms with van der Waals surface area (Å²) in [6, 6.07) is 6.13. The summed E-state index contributed by atoms with van der Waals surface area (Å²) in [7, 11) is -4.34. The molecule has 9 heteroatoms. The smallest absolute Gasteiger partial charge is 0.274 e. The van der Waals surface area contributed by atoms with Gasteiger partial charge in [0.05, 0.1) is 11.9 Å². The van der Waals surface area contributed by atoms with E-state index < -0.39 is 34.4 Å². The van der Waals surface area contributed by atoms with Gasteiger partial charge in [-0.15, -0.1) is 0 Å². The van der Waals surface area contributed by atoms with Crippen LogP contribution in [0.2, 0.25) is 0 Å². The fourth-order valence-corrected chi connectivity index (χ4v) is 3.69. The number of hydrogen-bond acceptors (Lipinski definition) is 4. The molecule has 0 bridgehead atoms. The van der Waals surface area contributed by atoms with Gasteiger partial charge >= 0.3 is 6.18 Å². The van der Waals surface area contributed by atoms with Crippen molar-refractivity contribution >= 4 is 26.8 Å². The summed E-state index contributed by atoms with van der Waals surface area (Å²) in [6.07, 6.45) is -4.64. The van der Waals surface area contributed by atoms with Gasteiger partial charge in [-0.2, -0.15) is 13.2 Å². The summed E-state index contributed by atoms with van der Waals surface area (Å²) < 4.78 is 64.3. The quantitative estimate of drug-likeness (QED) is 0.871. The second-order valence-electron chi connectivity index (χ2n) is 5.67. The minimum Gasteiger partial charge on any atom is -0.274 e. The van der Waals surface area contributed by atoms with Gasteiger partial charge in [-0.3, -0.25) is 9.78 Å². The minimum absolute atomic E-state index is 0.131. The first-order valence-corrected chi connectivity index (χ1v) is 9.01. The monoisotopic (exact) mass is 374 g/mol. The van der Waals surface area contributed by atoms with Crippen molar-refractivity contribution in [2.24, 2.45) is 5.92 Å². The molecule has 1 unspecified atom stereocenters. The molecule has 1 aromatic carbocycles. The molecule has 0 aliphatic heterocycles. The van der Waals surface area contributed by atoms with E-state index in [1.165, 1.54) is 25.3 Å². The van der Waals surface area contributed by atoms with Crippen LogP contribution in [0.3, 0.4) is 0 Å². The predicted octanol–water partition coefficient (Wildman–Crippen LogP) is 3.33. The van der Waals surface area contributed by atoms with Crippen LogP contribution >= 0.6 is 0 Å². The lowest BCUT2D eigenvalue weighted by Crippen LogP contribution is -2.37. The molecule has 1 atom stereocenters. The Morgan fingerprint density at radius 1 is 1.28 bits per heavy atom. The van der Waals surface area contributed by atoms with Crippen LogP contribution in [0.4, 0.5) is 13.2 Å². The molecule has 0 saturated heterocycles. The molecule has 0 aliphatic carbocycles. The number of alkyl halides is 3. The number of fused-ring (bicyclic) bond motifs is 1. The van der Waals surface area contributed by atoms with Crippen molar-refractivity contribution in [1.29, 1.82) is 0 Å². The van der Waals surface area contributed by atoms with Gasteiger partial charge in [-0.1, -0.05) is 19.1 Å². The first-order valence-electron chi connectivity index (χ1n) is 7.53. The SMILES string of the molecule is CCC(CC(F)(F)F)C(=O)NS(=O)(=O)c1cccc2c(C)ccnc12. The van der Waals surface area contributed by atoms with Crippen LogP contribution in [0.25, 0.3) is 10.9 Å². The van der Waals surface area contributed by atoms with Crippen LogP contribution in [-0.4, -0.2) is 25.5 Å². The molecule has 5 nitrogen and oxygen atoms in total. The molecular formula is C16H17F3N2O3S. The number of hydrogen-bond donors (Lipinski definition) is 1. The molecule has 0 saturated carbocycles. The van der Waals surface area contributed by atoms with Gasteiger partial charge in [0.25, 0.3) is 10.0 Å². The predicted molar refractivity (Wildman–Crippen MR) is 86.3 cm³/mol. The molecule has 1 aromatic heterocycles. The Labute approximate surface area is 143 Å². The number of para-hydroxylation sites is 1. The zero-order valence-corrected chi connectivity index (χ0v) is 14.4. The molecule has 1 heterocycles. The van der Waals surface area contributed by atoms with Crippen LogP contribution in [0, 0.1) is 12.8 Å². The Bertz CT molecular complexity index is 895. The van der Waals surface area contributed by atoms with Crippen LogP contribution < -0.4 is 4.72 Å². The highest BCUT2D eigenvalue weighted by atomic mass is 32.2. The Hall–Kier alpha value is -2.16. The fourth-order valence-electron chi connectivity index (χ4n) is 2.48.